The lowest BCUT2D eigenvalue weighted by molar-refractivity contribution is 0.730. The van der Waals surface area contributed by atoms with E-state index in [1.165, 1.54) is 5.56 Å². The van der Waals surface area contributed by atoms with E-state index in [0.29, 0.717) is 5.92 Å². The minimum atomic E-state index is 0.597. The molecule has 0 N–H and O–H groups in total. The van der Waals surface area contributed by atoms with Crippen molar-refractivity contribution in [3.63, 3.8) is 0 Å². The van der Waals surface area contributed by atoms with Gasteiger partial charge < -0.3 is 0 Å². The topological polar surface area (TPSA) is 0 Å². The smallest absolute Gasteiger partial charge is 0.0955 e. The predicted octanol–water partition coefficient (Wildman–Crippen LogP) is 2.76. The fraction of sp³-hybridized carbons (Fsp3) is 0.400. The highest BCUT2D eigenvalue weighted by Crippen LogP contribution is 2.25. The zero-order valence-corrected chi connectivity index (χ0v) is 9.06. The van der Waals surface area contributed by atoms with Gasteiger partial charge in [-0.1, -0.05) is 53.4 Å². The molecule has 1 rings (SSSR count). The van der Waals surface area contributed by atoms with Crippen molar-refractivity contribution in [2.45, 2.75) is 26.2 Å². The van der Waals surface area contributed by atoms with E-state index in [9.17, 15) is 0 Å². The standard InChI is InChI=1S/C10H12BBr/c1-3-7(2)9-5-4-8(11)6-10(9)12/h4-7H,3H2,1-2H3. The maximum absolute atomic E-state index is 5.64. The van der Waals surface area contributed by atoms with Crippen molar-refractivity contribution in [2.75, 3.05) is 0 Å². The summed E-state index contributed by atoms with van der Waals surface area (Å²) in [6, 6.07) is 6.00. The van der Waals surface area contributed by atoms with Gasteiger partial charge in [0.2, 0.25) is 0 Å². The first-order chi connectivity index (χ1) is 5.65. The molecule has 0 saturated heterocycles. The first kappa shape index (κ1) is 9.85. The minimum absolute atomic E-state index is 0.597. The number of hydrogen-bond acceptors (Lipinski definition) is 0. The van der Waals surface area contributed by atoms with Gasteiger partial charge in [0.05, 0.1) is 0 Å². The Labute approximate surface area is 83.9 Å². The van der Waals surface area contributed by atoms with Crippen LogP contribution in [0, 0.1) is 0 Å². The van der Waals surface area contributed by atoms with Crippen molar-refractivity contribution >= 4 is 29.2 Å². The molecular weight excluding hydrogens is 211 g/mol. The third-order valence-electron chi connectivity index (χ3n) is 2.17. The second-order valence-corrected chi connectivity index (χ2v) is 3.94. The van der Waals surface area contributed by atoms with Gasteiger partial charge in [-0.25, -0.2) is 0 Å². The molecule has 12 heavy (non-hydrogen) atoms. The predicted molar refractivity (Wildman–Crippen MR) is 58.2 cm³/mol. The van der Waals surface area contributed by atoms with E-state index in [0.717, 1.165) is 16.4 Å². The van der Waals surface area contributed by atoms with Gasteiger partial charge in [0.1, 0.15) is 7.85 Å². The lowest BCUT2D eigenvalue weighted by Crippen LogP contribution is -2.03. The Morgan fingerprint density at radius 2 is 2.17 bits per heavy atom. The highest BCUT2D eigenvalue weighted by molar-refractivity contribution is 9.10. The average molecular weight is 223 g/mol. The van der Waals surface area contributed by atoms with Gasteiger partial charge in [-0.15, -0.1) is 0 Å². The molecule has 1 atom stereocenters. The second kappa shape index (κ2) is 4.13. The molecule has 0 aliphatic heterocycles. The van der Waals surface area contributed by atoms with Gasteiger partial charge in [-0.2, -0.15) is 0 Å². The van der Waals surface area contributed by atoms with Crippen LogP contribution in [0.25, 0.3) is 0 Å². The minimum Gasteiger partial charge on any atom is -0.0955 e. The summed E-state index contributed by atoms with van der Waals surface area (Å²) in [7, 11) is 5.64. The van der Waals surface area contributed by atoms with Crippen LogP contribution in [0.15, 0.2) is 22.7 Å². The van der Waals surface area contributed by atoms with Crippen molar-refractivity contribution in [3.05, 3.63) is 28.2 Å². The van der Waals surface area contributed by atoms with E-state index in [2.05, 4.69) is 35.8 Å². The largest absolute Gasteiger partial charge is 0.113 e. The van der Waals surface area contributed by atoms with Gasteiger partial charge >= 0.3 is 0 Å². The second-order valence-electron chi connectivity index (χ2n) is 3.09. The molecule has 1 unspecified atom stereocenters. The van der Waals surface area contributed by atoms with Gasteiger partial charge in [0, 0.05) is 4.47 Å². The molecule has 0 aromatic heterocycles. The first-order valence-electron chi connectivity index (χ1n) is 4.20. The summed E-state index contributed by atoms with van der Waals surface area (Å²) in [5.41, 5.74) is 2.15. The van der Waals surface area contributed by atoms with Gasteiger partial charge in [-0.3, -0.25) is 0 Å². The SMILES string of the molecule is [B]c1ccc(C(C)CC)c(Br)c1. The van der Waals surface area contributed by atoms with Gasteiger partial charge in [0.25, 0.3) is 0 Å². The van der Waals surface area contributed by atoms with E-state index >= 15 is 0 Å². The summed E-state index contributed by atoms with van der Waals surface area (Å²) in [5.74, 6) is 0.597. The molecule has 0 nitrogen and oxygen atoms in total. The molecule has 62 valence electrons. The lowest BCUT2D eigenvalue weighted by Gasteiger charge is -2.11. The zero-order chi connectivity index (χ0) is 9.14. The molecule has 0 bridgehead atoms. The molecule has 2 heteroatoms. The maximum Gasteiger partial charge on any atom is 0.113 e. The van der Waals surface area contributed by atoms with Crippen molar-refractivity contribution in [2.24, 2.45) is 0 Å². The summed E-state index contributed by atoms with van der Waals surface area (Å²) >= 11 is 3.51. The third kappa shape index (κ3) is 2.13. The average Bonchev–Trinajstić information content (AvgIpc) is 2.03. The van der Waals surface area contributed by atoms with Crippen LogP contribution in [-0.2, 0) is 0 Å². The van der Waals surface area contributed by atoms with E-state index in [4.69, 9.17) is 7.85 Å². The molecule has 0 spiro atoms. The van der Waals surface area contributed by atoms with Gasteiger partial charge in [0.15, 0.2) is 0 Å². The Hall–Kier alpha value is -0.235. The van der Waals surface area contributed by atoms with Gasteiger partial charge in [-0.05, 0) is 17.9 Å². The third-order valence-corrected chi connectivity index (χ3v) is 2.85. The highest BCUT2D eigenvalue weighted by atomic mass is 79.9. The molecule has 1 aromatic rings. The fourth-order valence-electron chi connectivity index (χ4n) is 1.16. The number of hydrogen-bond donors (Lipinski definition) is 0. The summed E-state index contributed by atoms with van der Waals surface area (Å²) in [5, 5.41) is 0. The Bertz CT molecular complexity index is 271. The maximum atomic E-state index is 5.64. The molecule has 2 radical (unpaired) electrons. The van der Waals surface area contributed by atoms with Crippen LogP contribution < -0.4 is 5.46 Å². The highest BCUT2D eigenvalue weighted by Gasteiger charge is 2.06. The number of rotatable bonds is 2. The number of benzene rings is 1. The summed E-state index contributed by atoms with van der Waals surface area (Å²) in [6.45, 7) is 4.41. The van der Waals surface area contributed by atoms with Crippen LogP contribution in [0.4, 0.5) is 0 Å². The van der Waals surface area contributed by atoms with Crippen molar-refractivity contribution < 1.29 is 0 Å². The molecule has 0 fully saturated rings. The Balaban J connectivity index is 3.01. The number of halogens is 1. The van der Waals surface area contributed by atoms with Crippen LogP contribution in [0.5, 0.6) is 0 Å². The molecule has 0 heterocycles. The normalized spacial score (nSPS) is 12.9. The Morgan fingerprint density at radius 3 is 2.67 bits per heavy atom. The van der Waals surface area contributed by atoms with E-state index in [-0.39, 0.29) is 0 Å². The lowest BCUT2D eigenvalue weighted by atomic mass is 9.91. The summed E-state index contributed by atoms with van der Waals surface area (Å²) < 4.78 is 1.12. The summed E-state index contributed by atoms with van der Waals surface area (Å²) in [4.78, 5) is 0. The Morgan fingerprint density at radius 1 is 1.50 bits per heavy atom. The van der Waals surface area contributed by atoms with Crippen molar-refractivity contribution in [1.82, 2.24) is 0 Å². The summed E-state index contributed by atoms with van der Waals surface area (Å²) in [6.07, 6.45) is 1.16. The van der Waals surface area contributed by atoms with Crippen LogP contribution in [0.2, 0.25) is 0 Å². The van der Waals surface area contributed by atoms with Crippen LogP contribution in [0.1, 0.15) is 31.7 Å². The van der Waals surface area contributed by atoms with E-state index in [1.54, 1.807) is 0 Å². The Kier molecular flexibility index (Phi) is 3.39. The van der Waals surface area contributed by atoms with Crippen molar-refractivity contribution in [1.29, 1.82) is 0 Å². The van der Waals surface area contributed by atoms with E-state index in [1.807, 2.05) is 12.1 Å². The van der Waals surface area contributed by atoms with Crippen LogP contribution in [0.3, 0.4) is 0 Å². The molecule has 0 aliphatic rings. The van der Waals surface area contributed by atoms with E-state index < -0.39 is 0 Å². The molecule has 0 aliphatic carbocycles. The quantitative estimate of drug-likeness (QED) is 0.676. The monoisotopic (exact) mass is 222 g/mol. The van der Waals surface area contributed by atoms with Crippen molar-refractivity contribution in [3.8, 4) is 0 Å². The fourth-order valence-corrected chi connectivity index (χ4v) is 1.95. The molecular formula is C10H12BBr. The zero-order valence-electron chi connectivity index (χ0n) is 7.47. The molecule has 1 aromatic carbocycles. The molecule has 0 saturated carbocycles. The molecule has 0 amide bonds. The van der Waals surface area contributed by atoms with Crippen LogP contribution in [-0.4, -0.2) is 7.85 Å². The first-order valence-corrected chi connectivity index (χ1v) is 4.99. The van der Waals surface area contributed by atoms with Crippen LogP contribution >= 0.6 is 15.9 Å².